The summed E-state index contributed by atoms with van der Waals surface area (Å²) in [6.45, 7) is 0.644. The fraction of sp³-hybridized carbons (Fsp3) is 0.583. The van der Waals surface area contributed by atoms with Gasteiger partial charge >= 0.3 is 12.1 Å². The van der Waals surface area contributed by atoms with Crippen LogP contribution in [0.5, 0.6) is 0 Å². The van der Waals surface area contributed by atoms with E-state index in [1.165, 1.54) is 4.90 Å². The van der Waals surface area contributed by atoms with Gasteiger partial charge in [-0.25, -0.2) is 0 Å². The zero-order valence-electron chi connectivity index (χ0n) is 11.9. The largest absolute Gasteiger partial charge is 0.433 e. The monoisotopic (exact) mass is 336 g/mol. The SMILES string of the molecule is O=C(NCC(N1CCNCC1)C(F)(F)F)c1ccc([N+](=O)[O-])o1. The first-order chi connectivity index (χ1) is 10.8. The Balaban J connectivity index is 1.99. The lowest BCUT2D eigenvalue weighted by Crippen LogP contribution is -2.57. The van der Waals surface area contributed by atoms with Gasteiger partial charge in [0, 0.05) is 32.7 Å². The Kier molecular flexibility index (Phi) is 5.21. The van der Waals surface area contributed by atoms with Crippen LogP contribution in [0.25, 0.3) is 0 Å². The van der Waals surface area contributed by atoms with Crippen molar-refractivity contribution in [3.05, 3.63) is 28.0 Å². The van der Waals surface area contributed by atoms with Gasteiger partial charge in [0.2, 0.25) is 0 Å². The summed E-state index contributed by atoms with van der Waals surface area (Å²) in [7, 11) is 0. The summed E-state index contributed by atoms with van der Waals surface area (Å²) in [6.07, 6.45) is -4.50. The number of halogens is 3. The number of nitrogens with one attached hydrogen (secondary N) is 2. The maximum Gasteiger partial charge on any atom is 0.433 e. The Hall–Kier alpha value is -2.14. The molecule has 2 rings (SSSR count). The first-order valence-electron chi connectivity index (χ1n) is 6.83. The minimum Gasteiger partial charge on any atom is -0.395 e. The fourth-order valence-corrected chi connectivity index (χ4v) is 2.27. The molecule has 23 heavy (non-hydrogen) atoms. The molecule has 1 aromatic heterocycles. The highest BCUT2D eigenvalue weighted by Crippen LogP contribution is 2.25. The first kappa shape index (κ1) is 17.2. The van der Waals surface area contributed by atoms with Crippen LogP contribution in [0.3, 0.4) is 0 Å². The Morgan fingerprint density at radius 2 is 2.09 bits per heavy atom. The maximum absolute atomic E-state index is 13.1. The Bertz CT molecular complexity index is 569. The maximum atomic E-state index is 13.1. The van der Waals surface area contributed by atoms with Gasteiger partial charge in [0.1, 0.15) is 11.0 Å². The van der Waals surface area contributed by atoms with Gasteiger partial charge in [-0.3, -0.25) is 19.8 Å². The van der Waals surface area contributed by atoms with Crippen LogP contribution in [0.4, 0.5) is 19.1 Å². The van der Waals surface area contributed by atoms with Crippen molar-refractivity contribution >= 4 is 11.8 Å². The lowest BCUT2D eigenvalue weighted by atomic mass is 10.2. The van der Waals surface area contributed by atoms with Crippen molar-refractivity contribution in [1.82, 2.24) is 15.5 Å². The summed E-state index contributed by atoms with van der Waals surface area (Å²) >= 11 is 0. The molecule has 0 aromatic carbocycles. The highest BCUT2D eigenvalue weighted by molar-refractivity contribution is 5.91. The summed E-state index contributed by atoms with van der Waals surface area (Å²) in [5.74, 6) is -1.98. The third kappa shape index (κ3) is 4.42. The Labute approximate surface area is 128 Å². The quantitative estimate of drug-likeness (QED) is 0.608. The predicted molar refractivity (Wildman–Crippen MR) is 72.0 cm³/mol. The summed E-state index contributed by atoms with van der Waals surface area (Å²) in [5.41, 5.74) is 0. The van der Waals surface area contributed by atoms with Crippen molar-refractivity contribution in [2.45, 2.75) is 12.2 Å². The molecule has 0 bridgehead atoms. The molecule has 1 aromatic rings. The van der Waals surface area contributed by atoms with E-state index in [-0.39, 0.29) is 13.1 Å². The molecule has 0 aliphatic carbocycles. The van der Waals surface area contributed by atoms with E-state index >= 15 is 0 Å². The summed E-state index contributed by atoms with van der Waals surface area (Å²) in [6, 6.07) is 0.186. The van der Waals surface area contributed by atoms with E-state index in [2.05, 4.69) is 15.1 Å². The van der Waals surface area contributed by atoms with E-state index in [1.807, 2.05) is 0 Å². The predicted octanol–water partition coefficient (Wildman–Crippen LogP) is 0.754. The number of nitro groups is 1. The number of nitrogens with zero attached hydrogens (tertiary/aromatic N) is 2. The van der Waals surface area contributed by atoms with Crippen molar-refractivity contribution < 1.29 is 27.3 Å². The molecule has 0 spiro atoms. The number of carbonyl (C=O) groups is 1. The van der Waals surface area contributed by atoms with Gasteiger partial charge in [-0.2, -0.15) is 13.2 Å². The van der Waals surface area contributed by atoms with Crippen LogP contribution in [0.15, 0.2) is 16.5 Å². The second-order valence-electron chi connectivity index (χ2n) is 4.95. The topological polar surface area (TPSA) is 101 Å². The van der Waals surface area contributed by atoms with Crippen LogP contribution >= 0.6 is 0 Å². The lowest BCUT2D eigenvalue weighted by molar-refractivity contribution is -0.402. The van der Waals surface area contributed by atoms with Gasteiger partial charge in [-0.15, -0.1) is 0 Å². The summed E-state index contributed by atoms with van der Waals surface area (Å²) in [4.78, 5) is 22.6. The average molecular weight is 336 g/mol. The van der Waals surface area contributed by atoms with Crippen molar-refractivity contribution in [3.63, 3.8) is 0 Å². The van der Waals surface area contributed by atoms with Gasteiger partial charge in [-0.05, 0) is 6.07 Å². The number of piperazine rings is 1. The lowest BCUT2D eigenvalue weighted by Gasteiger charge is -2.35. The second-order valence-corrected chi connectivity index (χ2v) is 4.95. The number of amides is 1. The Morgan fingerprint density at radius 1 is 1.43 bits per heavy atom. The van der Waals surface area contributed by atoms with Gasteiger partial charge < -0.3 is 15.1 Å². The molecule has 2 heterocycles. The average Bonchev–Trinajstić information content (AvgIpc) is 2.97. The minimum absolute atomic E-state index is 0.215. The van der Waals surface area contributed by atoms with Gasteiger partial charge in [0.25, 0.3) is 5.91 Å². The number of furan rings is 1. The number of rotatable bonds is 5. The molecule has 11 heteroatoms. The highest BCUT2D eigenvalue weighted by atomic mass is 19.4. The number of alkyl halides is 3. The van der Waals surface area contributed by atoms with Crippen molar-refractivity contribution in [2.24, 2.45) is 0 Å². The zero-order chi connectivity index (χ0) is 17.0. The van der Waals surface area contributed by atoms with Crippen molar-refractivity contribution in [1.29, 1.82) is 0 Å². The Morgan fingerprint density at radius 3 is 2.61 bits per heavy atom. The molecule has 128 valence electrons. The number of hydrogen-bond donors (Lipinski definition) is 2. The van der Waals surface area contributed by atoms with Crippen LogP contribution in [-0.4, -0.2) is 60.7 Å². The third-order valence-corrected chi connectivity index (χ3v) is 3.42. The van der Waals surface area contributed by atoms with Gasteiger partial charge in [0.15, 0.2) is 5.76 Å². The van der Waals surface area contributed by atoms with E-state index in [0.29, 0.717) is 13.1 Å². The molecule has 1 amide bonds. The van der Waals surface area contributed by atoms with Crippen LogP contribution in [0.1, 0.15) is 10.6 Å². The molecule has 1 atom stereocenters. The summed E-state index contributed by atoms with van der Waals surface area (Å²) < 4.78 is 44.1. The van der Waals surface area contributed by atoms with Crippen molar-refractivity contribution in [2.75, 3.05) is 32.7 Å². The molecule has 0 radical (unpaired) electrons. The highest BCUT2D eigenvalue weighted by Gasteiger charge is 2.43. The van der Waals surface area contributed by atoms with E-state index in [9.17, 15) is 28.1 Å². The van der Waals surface area contributed by atoms with Crippen LogP contribution in [0, 0.1) is 10.1 Å². The molecule has 2 N–H and O–H groups in total. The van der Waals surface area contributed by atoms with E-state index in [4.69, 9.17) is 0 Å². The molecule has 1 aliphatic rings. The molecular formula is C12H15F3N4O4. The third-order valence-electron chi connectivity index (χ3n) is 3.42. The van der Waals surface area contributed by atoms with E-state index < -0.39 is 41.2 Å². The number of carbonyl (C=O) groups excluding carboxylic acids is 1. The minimum atomic E-state index is -4.50. The van der Waals surface area contributed by atoms with Gasteiger partial charge in [0.05, 0.1) is 6.07 Å². The standard InChI is InChI=1S/C12H15F3N4O4/c13-12(14,15)9(18-5-3-16-4-6-18)7-17-11(20)8-1-2-10(23-8)19(21)22/h1-2,9,16H,3-7H2,(H,17,20). The molecule has 1 fully saturated rings. The van der Waals surface area contributed by atoms with Crippen LogP contribution < -0.4 is 10.6 Å². The molecule has 8 nitrogen and oxygen atoms in total. The van der Waals surface area contributed by atoms with Gasteiger partial charge in [-0.1, -0.05) is 0 Å². The molecule has 0 saturated carbocycles. The summed E-state index contributed by atoms with van der Waals surface area (Å²) in [5, 5.41) is 15.5. The second kappa shape index (κ2) is 6.96. The normalized spacial score (nSPS) is 17.7. The number of hydrogen-bond acceptors (Lipinski definition) is 6. The first-order valence-corrected chi connectivity index (χ1v) is 6.83. The van der Waals surface area contributed by atoms with E-state index in [1.54, 1.807) is 0 Å². The smallest absolute Gasteiger partial charge is 0.395 e. The molecular weight excluding hydrogens is 321 g/mol. The van der Waals surface area contributed by atoms with Crippen LogP contribution in [-0.2, 0) is 0 Å². The van der Waals surface area contributed by atoms with Crippen molar-refractivity contribution in [3.8, 4) is 0 Å². The fourth-order valence-electron chi connectivity index (χ4n) is 2.27. The molecule has 1 saturated heterocycles. The van der Waals surface area contributed by atoms with E-state index in [0.717, 1.165) is 12.1 Å². The van der Waals surface area contributed by atoms with Crippen LogP contribution in [0.2, 0.25) is 0 Å². The zero-order valence-corrected chi connectivity index (χ0v) is 11.9. The molecule has 1 unspecified atom stereocenters. The molecule has 1 aliphatic heterocycles.